The van der Waals surface area contributed by atoms with E-state index in [1.165, 1.54) is 0 Å². The van der Waals surface area contributed by atoms with Gasteiger partial charge in [-0.2, -0.15) is 0 Å². The molecule has 0 aromatic rings. The molecule has 0 aliphatic carbocycles. The molecule has 5 atom stereocenters. The van der Waals surface area contributed by atoms with Crippen LogP contribution in [0.1, 0.15) is 66.7 Å². The molecule has 0 heterocycles. The van der Waals surface area contributed by atoms with Crippen LogP contribution in [0.4, 0.5) is 0 Å². The molecule has 0 aliphatic rings. The van der Waals surface area contributed by atoms with E-state index in [2.05, 4.69) is 0 Å². The van der Waals surface area contributed by atoms with Crippen molar-refractivity contribution < 1.29 is 44.1 Å². The van der Waals surface area contributed by atoms with Crippen molar-refractivity contribution in [1.29, 1.82) is 0 Å². The van der Waals surface area contributed by atoms with Gasteiger partial charge < -0.3 is 44.1 Å². The van der Waals surface area contributed by atoms with Crippen molar-refractivity contribution in [2.75, 3.05) is 59.5 Å². The van der Waals surface area contributed by atoms with Gasteiger partial charge in [-0.15, -0.1) is 0 Å². The summed E-state index contributed by atoms with van der Waals surface area (Å²) in [6.07, 6.45) is 0.773. The van der Waals surface area contributed by atoms with Gasteiger partial charge in [0.2, 0.25) is 0 Å². The lowest BCUT2D eigenvalue weighted by molar-refractivity contribution is -0.136. The summed E-state index contributed by atoms with van der Waals surface area (Å²) in [5.41, 5.74) is -0.699. The van der Waals surface area contributed by atoms with E-state index in [4.69, 9.17) is 23.7 Å². The van der Waals surface area contributed by atoms with Crippen molar-refractivity contribution >= 4 is 0 Å². The average Bonchev–Trinajstić information content (AvgIpc) is 2.85. The lowest BCUT2D eigenvalue weighted by Gasteiger charge is -2.34. The van der Waals surface area contributed by atoms with Gasteiger partial charge in [0.05, 0.1) is 95.4 Å². The Balaban J connectivity index is 5.21. The summed E-state index contributed by atoms with van der Waals surface area (Å²) >= 11 is 0. The Kier molecular flexibility index (Phi) is 20.6. The Morgan fingerprint density at radius 1 is 0.471 bits per heavy atom. The van der Waals surface area contributed by atoms with Crippen molar-refractivity contribution in [2.24, 2.45) is 5.41 Å². The fraction of sp³-hybridized carbons (Fsp3) is 1.00. The molecular weight excluding hydrogens is 444 g/mol. The van der Waals surface area contributed by atoms with E-state index in [0.717, 1.165) is 6.42 Å². The molecule has 0 aromatic carbocycles. The number of aliphatic hydroxyl groups is 4. The average molecular weight is 497 g/mol. The van der Waals surface area contributed by atoms with E-state index in [1.807, 2.05) is 34.6 Å². The molecule has 5 unspecified atom stereocenters. The highest BCUT2D eigenvalue weighted by Crippen LogP contribution is 2.22. The van der Waals surface area contributed by atoms with E-state index in [0.29, 0.717) is 32.3 Å². The first-order valence-electron chi connectivity index (χ1n) is 12.9. The lowest BCUT2D eigenvalue weighted by Crippen LogP contribution is -2.44. The van der Waals surface area contributed by atoms with Crippen LogP contribution < -0.4 is 0 Å². The van der Waals surface area contributed by atoms with Gasteiger partial charge in [-0.25, -0.2) is 0 Å². The Morgan fingerprint density at radius 2 is 0.794 bits per heavy atom. The zero-order valence-corrected chi connectivity index (χ0v) is 22.1. The first kappa shape index (κ1) is 33.6. The molecule has 0 saturated carbocycles. The maximum atomic E-state index is 9.90. The molecule has 206 valence electrons. The molecule has 0 saturated heterocycles. The lowest BCUT2D eigenvalue weighted by atomic mass is 9.92. The molecule has 0 fully saturated rings. The third-order valence-electron chi connectivity index (χ3n) is 5.73. The minimum absolute atomic E-state index is 0.160. The van der Waals surface area contributed by atoms with E-state index < -0.39 is 29.8 Å². The highest BCUT2D eigenvalue weighted by atomic mass is 16.5. The van der Waals surface area contributed by atoms with Gasteiger partial charge in [0, 0.05) is 0 Å². The molecule has 0 aliphatic heterocycles. The molecule has 0 aromatic heterocycles. The molecule has 0 spiro atoms. The Morgan fingerprint density at radius 3 is 1.12 bits per heavy atom. The fourth-order valence-corrected chi connectivity index (χ4v) is 2.89. The number of hydrogen-bond donors (Lipinski definition) is 4. The zero-order chi connectivity index (χ0) is 25.8. The molecular formula is C25H52O9. The standard InChI is InChI=1S/C25H52O9/c1-6-20(26)11-30-16-25(17-31-12-21(27)7-2,18-32-13-22(28)8-3)19-33-15-24(10-5)34-14-23(29)9-4/h20-24,26-29H,6-19H2,1-5H3. The first-order chi connectivity index (χ1) is 16.2. The minimum Gasteiger partial charge on any atom is -0.391 e. The molecule has 0 bridgehead atoms. The summed E-state index contributed by atoms with van der Waals surface area (Å²) in [6, 6.07) is 0. The van der Waals surface area contributed by atoms with Gasteiger partial charge in [-0.1, -0.05) is 34.6 Å². The molecule has 34 heavy (non-hydrogen) atoms. The number of rotatable bonds is 24. The number of ether oxygens (including phenoxy) is 5. The van der Waals surface area contributed by atoms with Gasteiger partial charge in [0.15, 0.2) is 0 Å². The van der Waals surface area contributed by atoms with Crippen molar-refractivity contribution in [3.8, 4) is 0 Å². The van der Waals surface area contributed by atoms with Crippen molar-refractivity contribution in [3.05, 3.63) is 0 Å². The van der Waals surface area contributed by atoms with Crippen LogP contribution in [0.3, 0.4) is 0 Å². The molecule has 4 N–H and O–H groups in total. The summed E-state index contributed by atoms with van der Waals surface area (Å²) in [6.45, 7) is 11.6. The van der Waals surface area contributed by atoms with Crippen molar-refractivity contribution in [3.63, 3.8) is 0 Å². The summed E-state index contributed by atoms with van der Waals surface area (Å²) in [5.74, 6) is 0. The van der Waals surface area contributed by atoms with Crippen LogP contribution in [0.15, 0.2) is 0 Å². The van der Waals surface area contributed by atoms with Crippen LogP contribution in [0.2, 0.25) is 0 Å². The van der Waals surface area contributed by atoms with Crippen LogP contribution >= 0.6 is 0 Å². The van der Waals surface area contributed by atoms with Gasteiger partial charge in [-0.05, 0) is 32.1 Å². The smallest absolute Gasteiger partial charge is 0.0807 e. The van der Waals surface area contributed by atoms with E-state index in [1.54, 1.807) is 0 Å². The highest BCUT2D eigenvalue weighted by Gasteiger charge is 2.33. The van der Waals surface area contributed by atoms with Gasteiger partial charge in [0.1, 0.15) is 0 Å². The second-order valence-electron chi connectivity index (χ2n) is 9.17. The largest absolute Gasteiger partial charge is 0.391 e. The number of aliphatic hydroxyl groups excluding tert-OH is 4. The summed E-state index contributed by atoms with van der Waals surface area (Å²) in [7, 11) is 0. The molecule has 0 radical (unpaired) electrons. The van der Waals surface area contributed by atoms with Crippen molar-refractivity contribution in [2.45, 2.75) is 97.2 Å². The molecule has 0 amide bonds. The second kappa shape index (κ2) is 20.8. The van der Waals surface area contributed by atoms with E-state index in [9.17, 15) is 20.4 Å². The van der Waals surface area contributed by atoms with Crippen molar-refractivity contribution in [1.82, 2.24) is 0 Å². The van der Waals surface area contributed by atoms with E-state index >= 15 is 0 Å². The normalized spacial score (nSPS) is 18.3. The maximum absolute atomic E-state index is 9.90. The van der Waals surface area contributed by atoms with Crippen LogP contribution in [0.5, 0.6) is 0 Å². The number of hydrogen-bond acceptors (Lipinski definition) is 9. The maximum Gasteiger partial charge on any atom is 0.0807 e. The Hall–Kier alpha value is -0.360. The molecule has 9 heteroatoms. The topological polar surface area (TPSA) is 127 Å². The van der Waals surface area contributed by atoms with Gasteiger partial charge in [-0.3, -0.25) is 0 Å². The van der Waals surface area contributed by atoms with Crippen LogP contribution in [0.25, 0.3) is 0 Å². The third kappa shape index (κ3) is 16.3. The predicted molar refractivity (Wildman–Crippen MR) is 131 cm³/mol. The first-order valence-corrected chi connectivity index (χ1v) is 12.9. The fourth-order valence-electron chi connectivity index (χ4n) is 2.89. The van der Waals surface area contributed by atoms with Gasteiger partial charge >= 0.3 is 0 Å². The Bertz CT molecular complexity index is 411. The predicted octanol–water partition coefficient (Wildman–Crippen LogP) is 1.92. The molecule has 9 nitrogen and oxygen atoms in total. The van der Waals surface area contributed by atoms with Crippen LogP contribution in [0, 0.1) is 5.41 Å². The van der Waals surface area contributed by atoms with Gasteiger partial charge in [0.25, 0.3) is 0 Å². The summed E-state index contributed by atoms with van der Waals surface area (Å²) in [4.78, 5) is 0. The monoisotopic (exact) mass is 496 g/mol. The molecule has 0 rings (SSSR count). The van der Waals surface area contributed by atoms with Crippen LogP contribution in [-0.2, 0) is 23.7 Å². The zero-order valence-electron chi connectivity index (χ0n) is 22.1. The van der Waals surface area contributed by atoms with E-state index in [-0.39, 0.29) is 59.0 Å². The second-order valence-corrected chi connectivity index (χ2v) is 9.17. The SMILES string of the molecule is CCC(O)COCC(COCC(O)CC)(COCC(O)CC)COCC(CC)OCC(O)CC. The van der Waals surface area contributed by atoms with Crippen LogP contribution in [-0.4, -0.2) is 110 Å². The quantitative estimate of drug-likeness (QED) is 0.158. The minimum atomic E-state index is -0.699. The Labute approximate surface area is 206 Å². The third-order valence-corrected chi connectivity index (χ3v) is 5.73. The summed E-state index contributed by atoms with van der Waals surface area (Å²) < 4.78 is 29.3. The highest BCUT2D eigenvalue weighted by molar-refractivity contribution is 4.80. The summed E-state index contributed by atoms with van der Waals surface area (Å²) in [5, 5.41) is 39.5.